The van der Waals surface area contributed by atoms with Gasteiger partial charge >= 0.3 is 39.5 Å². The molecule has 0 aliphatic rings. The van der Waals surface area contributed by atoms with E-state index >= 15 is 0 Å². The van der Waals surface area contributed by atoms with E-state index in [4.69, 9.17) is 37.0 Å². The molecule has 3 N–H and O–H groups in total. The Morgan fingerprint density at radius 3 is 0.830 bits per heavy atom. The van der Waals surface area contributed by atoms with Gasteiger partial charge in [0.2, 0.25) is 0 Å². The minimum Gasteiger partial charge on any atom is -0.462 e. The van der Waals surface area contributed by atoms with Crippen LogP contribution in [0.4, 0.5) is 0 Å². The lowest BCUT2D eigenvalue weighted by atomic mass is 10.1. The summed E-state index contributed by atoms with van der Waals surface area (Å²) in [6, 6.07) is 0. The standard InChI is InChI=1S/C81H144O17P2/c1-5-9-13-17-21-25-29-33-36-37-40-44-48-52-56-60-64-68-81(86)98-76(71-91-78(83)65-61-57-53-49-45-41-32-28-24-20-16-12-8-4)73-95-99(87,88)93-69-75(82)70-94-100(89,90)96-74-77(97-80(85)67-63-59-55-51-47-43-39-35-31-27-23-19-15-11-7-3)72-92-79(84)66-62-58-54-50-46-42-38-34-30-26-22-18-14-10-6-2/h21,25,28,32-36,38-40,44,52,56,75-77,82H,5-20,22-24,26-27,29-31,37,41-43,45-51,53-55,57-74H2,1-4H3,(H,87,88)(H,89,90)/b25-21-,32-28-,36-33-,38-34-,39-35-,44-40-,56-52-/t75-,76+,77+/m0/s1. The highest BCUT2D eigenvalue weighted by Crippen LogP contribution is 2.45. The van der Waals surface area contributed by atoms with Crippen molar-refractivity contribution in [3.8, 4) is 0 Å². The monoisotopic (exact) mass is 1450 g/mol. The second-order valence-electron chi connectivity index (χ2n) is 26.6. The van der Waals surface area contributed by atoms with E-state index in [0.717, 1.165) is 141 Å². The SMILES string of the molecule is CCCCC/C=C\C/C=C\C/C=C\C/C=C\CCCC(=O)O[C@H](COC(=O)CCCCCCC/C=C\CCCCCC)COP(=O)(O)OC[C@H](O)COP(=O)(O)OC[C@@H](COC(=O)CCCCCCC/C=C\CCCCCCCC)OC(=O)CCCCCCC/C=C\CCCCCCCC. The zero-order chi connectivity index (χ0) is 73.2. The molecule has 2 unspecified atom stereocenters. The van der Waals surface area contributed by atoms with Gasteiger partial charge in [0.15, 0.2) is 12.2 Å². The zero-order valence-corrected chi connectivity index (χ0v) is 65.2. The van der Waals surface area contributed by atoms with Crippen LogP contribution in [0.2, 0.25) is 0 Å². The van der Waals surface area contributed by atoms with Gasteiger partial charge in [-0.2, -0.15) is 0 Å². The third-order valence-corrected chi connectivity index (χ3v) is 18.7. The number of ether oxygens (including phenoxy) is 4. The van der Waals surface area contributed by atoms with Gasteiger partial charge in [-0.15, -0.1) is 0 Å². The Bertz CT molecular complexity index is 2230. The van der Waals surface area contributed by atoms with Crippen molar-refractivity contribution in [3.63, 3.8) is 0 Å². The van der Waals surface area contributed by atoms with E-state index in [1.807, 2.05) is 12.2 Å². The maximum absolute atomic E-state index is 13.1. The summed E-state index contributed by atoms with van der Waals surface area (Å²) in [5, 5.41) is 10.6. The van der Waals surface area contributed by atoms with Crippen molar-refractivity contribution in [2.75, 3.05) is 39.6 Å². The van der Waals surface area contributed by atoms with E-state index in [9.17, 15) is 43.2 Å². The number of hydrogen-bond donors (Lipinski definition) is 3. The maximum atomic E-state index is 13.1. The van der Waals surface area contributed by atoms with Crippen LogP contribution in [0.3, 0.4) is 0 Å². The Balaban J connectivity index is 5.40. The number of allylic oxidation sites excluding steroid dienone is 14. The molecule has 0 aromatic carbocycles. The van der Waals surface area contributed by atoms with Gasteiger partial charge in [-0.25, -0.2) is 9.13 Å². The Labute approximate surface area is 608 Å². The first-order chi connectivity index (χ1) is 48.7. The Morgan fingerprint density at radius 2 is 0.500 bits per heavy atom. The molecule has 19 heteroatoms. The number of unbranched alkanes of at least 4 members (excludes halogenated alkanes) is 35. The van der Waals surface area contributed by atoms with Crippen LogP contribution in [-0.2, 0) is 65.4 Å². The molecule has 0 aliphatic heterocycles. The molecule has 0 aliphatic carbocycles. The predicted molar refractivity (Wildman–Crippen MR) is 409 cm³/mol. The van der Waals surface area contributed by atoms with Crippen LogP contribution in [0, 0.1) is 0 Å². The van der Waals surface area contributed by atoms with E-state index in [1.54, 1.807) is 0 Å². The van der Waals surface area contributed by atoms with Gasteiger partial charge < -0.3 is 33.8 Å². The lowest BCUT2D eigenvalue weighted by Crippen LogP contribution is -2.30. The summed E-state index contributed by atoms with van der Waals surface area (Å²) in [5.74, 6) is -2.25. The lowest BCUT2D eigenvalue weighted by Gasteiger charge is -2.21. The molecule has 580 valence electrons. The predicted octanol–water partition coefficient (Wildman–Crippen LogP) is 23.0. The molecular weight excluding hydrogens is 1310 g/mol. The van der Waals surface area contributed by atoms with E-state index in [0.29, 0.717) is 32.1 Å². The quantitative estimate of drug-likeness (QED) is 0.0169. The number of rotatable bonds is 75. The highest BCUT2D eigenvalue weighted by molar-refractivity contribution is 7.47. The van der Waals surface area contributed by atoms with E-state index < -0.39 is 97.5 Å². The maximum Gasteiger partial charge on any atom is 0.472 e. The average Bonchev–Trinajstić information content (AvgIpc) is 1.13. The molecule has 5 atom stereocenters. The smallest absolute Gasteiger partial charge is 0.462 e. The van der Waals surface area contributed by atoms with Gasteiger partial charge in [-0.1, -0.05) is 267 Å². The lowest BCUT2D eigenvalue weighted by molar-refractivity contribution is -0.161. The third kappa shape index (κ3) is 72.6. The second-order valence-corrected chi connectivity index (χ2v) is 29.5. The number of carbonyl (C=O) groups is 4. The first-order valence-electron chi connectivity index (χ1n) is 39.8. The molecular formula is C81H144O17P2. The highest BCUT2D eigenvalue weighted by atomic mass is 31.2. The van der Waals surface area contributed by atoms with Crippen molar-refractivity contribution >= 4 is 39.5 Å². The summed E-state index contributed by atoms with van der Waals surface area (Å²) < 4.78 is 68.5. The Morgan fingerprint density at radius 1 is 0.280 bits per heavy atom. The molecule has 0 bridgehead atoms. The van der Waals surface area contributed by atoms with Crippen molar-refractivity contribution in [3.05, 3.63) is 85.1 Å². The fourth-order valence-corrected chi connectivity index (χ4v) is 12.2. The molecule has 0 aromatic heterocycles. The molecule has 0 spiro atoms. The summed E-state index contributed by atoms with van der Waals surface area (Å²) in [7, 11) is -9.97. The fourth-order valence-electron chi connectivity index (χ4n) is 10.7. The van der Waals surface area contributed by atoms with Gasteiger partial charge in [0.05, 0.1) is 26.4 Å². The topological polar surface area (TPSA) is 237 Å². The van der Waals surface area contributed by atoms with Crippen LogP contribution >= 0.6 is 15.6 Å². The molecule has 0 rings (SSSR count). The molecule has 17 nitrogen and oxygen atoms in total. The number of aliphatic hydroxyl groups is 1. The largest absolute Gasteiger partial charge is 0.472 e. The van der Waals surface area contributed by atoms with Crippen molar-refractivity contribution < 1.29 is 80.2 Å². The Kier molecular flexibility index (Phi) is 70.8. The average molecular weight is 1450 g/mol. The number of hydrogen-bond acceptors (Lipinski definition) is 15. The van der Waals surface area contributed by atoms with Gasteiger partial charge in [0, 0.05) is 25.7 Å². The molecule has 0 radical (unpaired) electrons. The van der Waals surface area contributed by atoms with E-state index in [-0.39, 0.29) is 25.7 Å². The van der Waals surface area contributed by atoms with Crippen molar-refractivity contribution in [2.24, 2.45) is 0 Å². The summed E-state index contributed by atoms with van der Waals surface area (Å²) in [4.78, 5) is 72.9. The van der Waals surface area contributed by atoms with Crippen molar-refractivity contribution in [2.45, 2.75) is 367 Å². The number of phosphoric ester groups is 2. The molecule has 0 saturated heterocycles. The molecule has 0 heterocycles. The second kappa shape index (κ2) is 73.5. The number of phosphoric acid groups is 2. The van der Waals surface area contributed by atoms with E-state index in [1.165, 1.54) is 122 Å². The molecule has 100 heavy (non-hydrogen) atoms. The van der Waals surface area contributed by atoms with Crippen molar-refractivity contribution in [1.82, 2.24) is 0 Å². The van der Waals surface area contributed by atoms with Gasteiger partial charge in [0.1, 0.15) is 19.3 Å². The van der Waals surface area contributed by atoms with Crippen LogP contribution in [-0.4, -0.2) is 96.7 Å². The van der Waals surface area contributed by atoms with Crippen LogP contribution in [0.1, 0.15) is 349 Å². The summed E-state index contributed by atoms with van der Waals surface area (Å²) in [6.45, 7) is 4.77. The van der Waals surface area contributed by atoms with Crippen LogP contribution in [0.25, 0.3) is 0 Å². The van der Waals surface area contributed by atoms with Crippen LogP contribution < -0.4 is 0 Å². The first-order valence-corrected chi connectivity index (χ1v) is 42.8. The Hall–Kier alpha value is -3.76. The number of esters is 4. The van der Waals surface area contributed by atoms with Crippen molar-refractivity contribution in [1.29, 1.82) is 0 Å². The van der Waals surface area contributed by atoms with Crippen LogP contribution in [0.15, 0.2) is 85.1 Å². The minimum atomic E-state index is -4.99. The number of carbonyl (C=O) groups excluding carboxylic acids is 4. The minimum absolute atomic E-state index is 0.0187. The summed E-state index contributed by atoms with van der Waals surface area (Å²) >= 11 is 0. The number of aliphatic hydroxyl groups excluding tert-OH is 1. The van der Waals surface area contributed by atoms with E-state index in [2.05, 4.69) is 101 Å². The van der Waals surface area contributed by atoms with Gasteiger partial charge in [0.25, 0.3) is 0 Å². The van der Waals surface area contributed by atoms with Crippen LogP contribution in [0.5, 0.6) is 0 Å². The van der Waals surface area contributed by atoms with Gasteiger partial charge in [-0.05, 0) is 141 Å². The molecule has 0 aromatic rings. The first kappa shape index (κ1) is 96.2. The highest BCUT2D eigenvalue weighted by Gasteiger charge is 2.30. The third-order valence-electron chi connectivity index (χ3n) is 16.8. The molecule has 0 fully saturated rings. The zero-order valence-electron chi connectivity index (χ0n) is 63.4. The fraction of sp³-hybridized carbons (Fsp3) is 0.778. The van der Waals surface area contributed by atoms with Gasteiger partial charge in [-0.3, -0.25) is 37.3 Å². The molecule has 0 amide bonds. The summed E-state index contributed by atoms with van der Waals surface area (Å²) in [5.41, 5.74) is 0. The molecule has 0 saturated carbocycles. The normalized spacial score (nSPS) is 14.3. The summed E-state index contributed by atoms with van der Waals surface area (Å²) in [6.07, 6.45) is 75.7.